The van der Waals surface area contributed by atoms with Crippen LogP contribution in [0.25, 0.3) is 11.0 Å². The first-order chi connectivity index (χ1) is 22.9. The molecule has 3 saturated heterocycles. The number of piperidine rings is 3. The van der Waals surface area contributed by atoms with Gasteiger partial charge >= 0.3 is 11.8 Å². The number of aromatic nitrogens is 2. The van der Waals surface area contributed by atoms with E-state index in [2.05, 4.69) is 4.90 Å². The van der Waals surface area contributed by atoms with E-state index in [0.29, 0.717) is 24.4 Å². The van der Waals surface area contributed by atoms with Crippen LogP contribution in [0.3, 0.4) is 0 Å². The summed E-state index contributed by atoms with van der Waals surface area (Å²) in [7, 11) is 3.33. The van der Waals surface area contributed by atoms with Gasteiger partial charge in [0.2, 0.25) is 5.91 Å². The molecule has 0 bridgehead atoms. The van der Waals surface area contributed by atoms with E-state index in [1.165, 1.54) is 4.90 Å². The fraction of sp³-hybridized carbons (Fsp3) is 0.556. The van der Waals surface area contributed by atoms with Crippen LogP contribution in [-0.2, 0) is 32.7 Å². The zero-order valence-corrected chi connectivity index (χ0v) is 28.6. The Morgan fingerprint density at radius 1 is 0.875 bits per heavy atom. The molecule has 12 heteroatoms. The van der Waals surface area contributed by atoms with Crippen LogP contribution < -0.4 is 15.3 Å². The van der Waals surface area contributed by atoms with Crippen LogP contribution in [0.5, 0.6) is 5.75 Å². The summed E-state index contributed by atoms with van der Waals surface area (Å²) in [5.41, 5.74) is 2.44. The van der Waals surface area contributed by atoms with Crippen LogP contribution in [0.4, 0.5) is 10.5 Å². The molecule has 0 aliphatic carbocycles. The summed E-state index contributed by atoms with van der Waals surface area (Å²) in [6.07, 6.45) is 3.71. The molecule has 12 nitrogen and oxygen atoms in total. The number of aryl methyl sites for hydroxylation is 1. The lowest BCUT2D eigenvalue weighted by atomic mass is 10.0. The number of carbonyl (C=O) groups excluding carboxylic acids is 3. The highest BCUT2D eigenvalue weighted by Crippen LogP contribution is 2.33. The third-order valence-corrected chi connectivity index (χ3v) is 9.64. The summed E-state index contributed by atoms with van der Waals surface area (Å²) in [6.45, 7) is 8.57. The monoisotopic (exact) mass is 661 g/mol. The van der Waals surface area contributed by atoms with E-state index in [1.54, 1.807) is 40.3 Å². The Kier molecular flexibility index (Phi) is 9.55. The van der Waals surface area contributed by atoms with Gasteiger partial charge in [-0.2, -0.15) is 0 Å². The second kappa shape index (κ2) is 13.7. The average molecular weight is 662 g/mol. The van der Waals surface area contributed by atoms with Crippen molar-refractivity contribution in [3.05, 3.63) is 58.5 Å². The zero-order chi connectivity index (χ0) is 34.2. The minimum Gasteiger partial charge on any atom is -0.497 e. The number of anilines is 1. The third-order valence-electron chi connectivity index (χ3n) is 9.64. The number of amides is 3. The molecule has 1 atom stereocenters. The van der Waals surface area contributed by atoms with E-state index in [-0.39, 0.29) is 55.2 Å². The number of carbonyl (C=O) groups is 3. The molecule has 3 aliphatic heterocycles. The number of methoxy groups -OCH3 is 1. The number of ether oxygens (including phenoxy) is 3. The minimum atomic E-state index is -0.770. The number of rotatable bonds is 7. The number of imide groups is 1. The van der Waals surface area contributed by atoms with Crippen LogP contribution in [-0.4, -0.2) is 87.9 Å². The lowest BCUT2D eigenvalue weighted by Gasteiger charge is -2.38. The van der Waals surface area contributed by atoms with E-state index in [4.69, 9.17) is 14.2 Å². The highest BCUT2D eigenvalue weighted by Gasteiger charge is 2.38. The number of para-hydroxylation sites is 1. The predicted octanol–water partition coefficient (Wildman–Crippen LogP) is 4.62. The molecule has 0 N–H and O–H groups in total. The fourth-order valence-corrected chi connectivity index (χ4v) is 7.12. The Morgan fingerprint density at radius 2 is 1.52 bits per heavy atom. The molecule has 4 heterocycles. The lowest BCUT2D eigenvalue weighted by molar-refractivity contribution is -0.151. The molecule has 258 valence electrons. The van der Waals surface area contributed by atoms with E-state index in [0.717, 1.165) is 55.5 Å². The molecule has 3 amide bonds. The molecular formula is C36H47N5O7. The van der Waals surface area contributed by atoms with Gasteiger partial charge in [0.25, 0.3) is 5.91 Å². The van der Waals surface area contributed by atoms with Gasteiger partial charge in [0.15, 0.2) is 0 Å². The van der Waals surface area contributed by atoms with Gasteiger partial charge in [-0.05, 0) is 82.7 Å². The van der Waals surface area contributed by atoms with Gasteiger partial charge in [-0.1, -0.05) is 18.2 Å². The molecule has 3 fully saturated rings. The number of hydrogen-bond acceptors (Lipinski definition) is 8. The maximum atomic E-state index is 13.8. The Morgan fingerprint density at radius 3 is 2.15 bits per heavy atom. The van der Waals surface area contributed by atoms with Crippen LogP contribution in [0.1, 0.15) is 70.9 Å². The van der Waals surface area contributed by atoms with Gasteiger partial charge in [-0.25, -0.2) is 9.59 Å². The summed E-state index contributed by atoms with van der Waals surface area (Å²) in [6, 6.07) is 12.4. The van der Waals surface area contributed by atoms with Crippen molar-refractivity contribution in [3.63, 3.8) is 0 Å². The second-order valence-electron chi connectivity index (χ2n) is 14.1. The smallest absolute Gasteiger partial charge is 0.410 e. The third kappa shape index (κ3) is 6.94. The maximum absolute atomic E-state index is 13.8. The fourth-order valence-electron chi connectivity index (χ4n) is 7.12. The van der Waals surface area contributed by atoms with Crippen LogP contribution in [0.15, 0.2) is 47.3 Å². The van der Waals surface area contributed by atoms with E-state index >= 15 is 0 Å². The summed E-state index contributed by atoms with van der Waals surface area (Å²) in [4.78, 5) is 58.3. The summed E-state index contributed by atoms with van der Waals surface area (Å²) >= 11 is 0. The number of likely N-dealkylation sites (tertiary alicyclic amines) is 2. The highest BCUT2D eigenvalue weighted by molar-refractivity contribution is 6.00. The van der Waals surface area contributed by atoms with Crippen molar-refractivity contribution in [1.29, 1.82) is 0 Å². The zero-order valence-electron chi connectivity index (χ0n) is 28.6. The molecule has 0 radical (unpaired) electrons. The largest absolute Gasteiger partial charge is 0.497 e. The van der Waals surface area contributed by atoms with Crippen molar-refractivity contribution in [2.24, 2.45) is 7.05 Å². The lowest BCUT2D eigenvalue weighted by Crippen LogP contribution is -2.47. The highest BCUT2D eigenvalue weighted by atomic mass is 16.6. The Bertz CT molecular complexity index is 1710. The Hall–Kier alpha value is -4.32. The van der Waals surface area contributed by atoms with Gasteiger partial charge in [-0.3, -0.25) is 23.6 Å². The molecule has 0 spiro atoms. The van der Waals surface area contributed by atoms with Gasteiger partial charge in [0.1, 0.15) is 17.4 Å². The predicted molar refractivity (Wildman–Crippen MR) is 181 cm³/mol. The van der Waals surface area contributed by atoms with Gasteiger partial charge in [0.05, 0.1) is 42.6 Å². The topological polar surface area (TPSA) is 116 Å². The van der Waals surface area contributed by atoms with Crippen molar-refractivity contribution in [1.82, 2.24) is 18.9 Å². The van der Waals surface area contributed by atoms with Crippen LogP contribution in [0, 0.1) is 0 Å². The first-order valence-electron chi connectivity index (χ1n) is 17.0. The van der Waals surface area contributed by atoms with Crippen molar-refractivity contribution in [2.75, 3.05) is 38.2 Å². The molecule has 3 aromatic rings. The summed E-state index contributed by atoms with van der Waals surface area (Å²) in [5.74, 6) is 0.0943. The maximum Gasteiger partial charge on any atom is 0.410 e. The van der Waals surface area contributed by atoms with Crippen molar-refractivity contribution in [3.8, 4) is 5.75 Å². The van der Waals surface area contributed by atoms with Crippen LogP contribution in [0.2, 0.25) is 0 Å². The summed E-state index contributed by atoms with van der Waals surface area (Å²) < 4.78 is 20.5. The summed E-state index contributed by atoms with van der Waals surface area (Å²) in [5, 5.41) is 0. The minimum absolute atomic E-state index is 0.114. The molecule has 6 rings (SSSR count). The molecular weight excluding hydrogens is 614 g/mol. The Balaban J connectivity index is 1.12. The van der Waals surface area contributed by atoms with E-state index in [1.807, 2.05) is 51.1 Å². The molecule has 1 unspecified atom stereocenters. The second-order valence-corrected chi connectivity index (χ2v) is 14.1. The Labute approximate surface area is 281 Å². The molecule has 48 heavy (non-hydrogen) atoms. The standard InChI is InChI=1S/C36H47N5O7/c1-36(2,3)48-35(45)39-21-17-27(18-22-39)47-26-15-19-38(20-16-26)28-7-6-8-29-32(28)37(4)34(44)41(29)30-13-14-31(42)40(33(30)43)23-24-9-11-25(46-5)12-10-24/h6-12,26-27,30H,13-23H2,1-5H3. The molecule has 1 aromatic heterocycles. The first-order valence-corrected chi connectivity index (χ1v) is 17.0. The van der Waals surface area contributed by atoms with Crippen LogP contribution >= 0.6 is 0 Å². The number of imidazole rings is 1. The SMILES string of the molecule is COc1ccc(CN2C(=O)CCC(n3c(=O)n(C)c4c(N5CCC(OC6CCN(C(=O)OC(C)(C)C)CC6)CC5)cccc43)C2=O)cc1. The van der Waals surface area contributed by atoms with E-state index in [9.17, 15) is 19.2 Å². The molecule has 3 aliphatic rings. The number of nitrogens with zero attached hydrogens (tertiary/aromatic N) is 5. The number of fused-ring (bicyclic) bond motifs is 1. The molecule has 2 aromatic carbocycles. The number of hydrogen-bond donors (Lipinski definition) is 0. The molecule has 0 saturated carbocycles. The van der Waals surface area contributed by atoms with Gasteiger partial charge in [0, 0.05) is 39.6 Å². The van der Waals surface area contributed by atoms with Crippen molar-refractivity contribution < 1.29 is 28.6 Å². The first kappa shape index (κ1) is 33.6. The van der Waals surface area contributed by atoms with Gasteiger partial charge < -0.3 is 24.0 Å². The number of benzene rings is 2. The average Bonchev–Trinajstić information content (AvgIpc) is 3.32. The van der Waals surface area contributed by atoms with Gasteiger partial charge in [-0.15, -0.1) is 0 Å². The van der Waals surface area contributed by atoms with Crippen molar-refractivity contribution >= 4 is 34.6 Å². The van der Waals surface area contributed by atoms with E-state index < -0.39 is 11.6 Å². The van der Waals surface area contributed by atoms with Crippen molar-refractivity contribution in [2.45, 2.75) is 89.7 Å². The normalized spacial score (nSPS) is 20.1. The quantitative estimate of drug-likeness (QED) is 0.337.